The molecule has 0 spiro atoms. The number of nitrogens with zero attached hydrogens (tertiary/aromatic N) is 2. The molecule has 0 aliphatic carbocycles. The van der Waals surface area contributed by atoms with Crippen LogP contribution in [0.3, 0.4) is 0 Å². The Labute approximate surface area is 151 Å². The summed E-state index contributed by atoms with van der Waals surface area (Å²) < 4.78 is 55.8. The average molecular weight is 379 g/mol. The average Bonchev–Trinajstić information content (AvgIpc) is 3.13. The van der Waals surface area contributed by atoms with Crippen molar-refractivity contribution in [2.45, 2.75) is 12.6 Å². The van der Waals surface area contributed by atoms with Gasteiger partial charge in [0.1, 0.15) is 5.82 Å². The van der Waals surface area contributed by atoms with Crippen molar-refractivity contribution >= 4 is 5.91 Å². The molecule has 3 rings (SSSR count). The van der Waals surface area contributed by atoms with E-state index in [1.165, 1.54) is 6.07 Å². The van der Waals surface area contributed by atoms with Crippen molar-refractivity contribution in [1.82, 2.24) is 15.5 Å². The first-order valence-electron chi connectivity index (χ1n) is 7.87. The molecule has 3 aromatic rings. The Morgan fingerprint density at radius 3 is 2.48 bits per heavy atom. The maximum absolute atomic E-state index is 14.2. The van der Waals surface area contributed by atoms with E-state index in [-0.39, 0.29) is 11.1 Å². The molecule has 0 radical (unpaired) electrons. The van der Waals surface area contributed by atoms with Crippen LogP contribution < -0.4 is 5.32 Å². The molecule has 0 unspecified atom stereocenters. The molecular weight excluding hydrogens is 366 g/mol. The topological polar surface area (TPSA) is 68.0 Å². The van der Waals surface area contributed by atoms with Gasteiger partial charge in [0.15, 0.2) is 0 Å². The van der Waals surface area contributed by atoms with Crippen LogP contribution in [-0.2, 0) is 12.6 Å². The summed E-state index contributed by atoms with van der Waals surface area (Å²) in [6.07, 6.45) is -4.21. The van der Waals surface area contributed by atoms with Crippen LogP contribution in [0.5, 0.6) is 0 Å². The highest BCUT2D eigenvalue weighted by molar-refractivity contribution is 5.94. The standard InChI is InChI=1S/C18H13F4N3O2/c19-14-10-12(15-24-17(27-25-15)18(20,21)22)6-7-13(14)16(26)23-9-8-11-4-2-1-3-5-11/h1-7,10H,8-9H2,(H,23,26). The maximum Gasteiger partial charge on any atom is 0.471 e. The monoisotopic (exact) mass is 379 g/mol. The van der Waals surface area contributed by atoms with E-state index < -0.39 is 29.6 Å². The zero-order chi connectivity index (χ0) is 19.4. The summed E-state index contributed by atoms with van der Waals surface area (Å²) >= 11 is 0. The van der Waals surface area contributed by atoms with E-state index >= 15 is 0 Å². The SMILES string of the molecule is O=C(NCCc1ccccc1)c1ccc(-c2noc(C(F)(F)F)n2)cc1F. The molecule has 1 aromatic heterocycles. The fourth-order valence-corrected chi connectivity index (χ4v) is 2.35. The van der Waals surface area contributed by atoms with Crippen molar-refractivity contribution in [3.8, 4) is 11.4 Å². The van der Waals surface area contributed by atoms with E-state index in [9.17, 15) is 22.4 Å². The van der Waals surface area contributed by atoms with Gasteiger partial charge in [-0.1, -0.05) is 41.6 Å². The molecule has 5 nitrogen and oxygen atoms in total. The Bertz CT molecular complexity index is 939. The lowest BCUT2D eigenvalue weighted by Crippen LogP contribution is -2.26. The minimum absolute atomic E-state index is 0.0346. The van der Waals surface area contributed by atoms with Crippen LogP contribution in [0, 0.1) is 5.82 Å². The molecule has 9 heteroatoms. The van der Waals surface area contributed by atoms with Gasteiger partial charge in [-0.15, -0.1) is 0 Å². The quantitative estimate of drug-likeness (QED) is 0.684. The number of amides is 1. The highest BCUT2D eigenvalue weighted by Gasteiger charge is 2.38. The Hall–Kier alpha value is -3.23. The molecular formula is C18H13F4N3O2. The van der Waals surface area contributed by atoms with Crippen LogP contribution in [0.25, 0.3) is 11.4 Å². The number of benzene rings is 2. The van der Waals surface area contributed by atoms with Gasteiger partial charge in [-0.25, -0.2) is 4.39 Å². The van der Waals surface area contributed by atoms with Crippen LogP contribution >= 0.6 is 0 Å². The predicted molar refractivity (Wildman–Crippen MR) is 87.2 cm³/mol. The third-order valence-electron chi connectivity index (χ3n) is 3.68. The molecule has 0 bridgehead atoms. The molecule has 2 aromatic carbocycles. The second kappa shape index (κ2) is 7.56. The number of hydrogen-bond acceptors (Lipinski definition) is 4. The summed E-state index contributed by atoms with van der Waals surface area (Å²) in [6.45, 7) is 0.309. The summed E-state index contributed by atoms with van der Waals surface area (Å²) in [6, 6.07) is 12.7. The lowest BCUT2D eigenvalue weighted by atomic mass is 10.1. The molecule has 0 fully saturated rings. The normalized spacial score (nSPS) is 11.4. The number of carbonyl (C=O) groups is 1. The van der Waals surface area contributed by atoms with Crippen LogP contribution in [0.15, 0.2) is 53.1 Å². The van der Waals surface area contributed by atoms with Gasteiger partial charge in [0.05, 0.1) is 5.56 Å². The van der Waals surface area contributed by atoms with Gasteiger partial charge >= 0.3 is 12.1 Å². The van der Waals surface area contributed by atoms with Gasteiger partial charge in [-0.3, -0.25) is 4.79 Å². The maximum atomic E-state index is 14.2. The molecule has 1 heterocycles. The number of alkyl halides is 3. The second-order valence-electron chi connectivity index (χ2n) is 5.61. The molecule has 27 heavy (non-hydrogen) atoms. The number of nitrogens with one attached hydrogen (secondary N) is 1. The number of rotatable bonds is 5. The zero-order valence-electron chi connectivity index (χ0n) is 13.8. The number of halogens is 4. The predicted octanol–water partition coefficient (Wildman–Crippen LogP) is 3.87. The van der Waals surface area contributed by atoms with Crippen molar-refractivity contribution in [3.63, 3.8) is 0 Å². The molecule has 0 atom stereocenters. The van der Waals surface area contributed by atoms with Gasteiger partial charge in [0, 0.05) is 12.1 Å². The molecule has 140 valence electrons. The highest BCUT2D eigenvalue weighted by atomic mass is 19.4. The highest BCUT2D eigenvalue weighted by Crippen LogP contribution is 2.29. The molecule has 0 saturated heterocycles. The fraction of sp³-hybridized carbons (Fsp3) is 0.167. The Kier molecular flexibility index (Phi) is 5.20. The fourth-order valence-electron chi connectivity index (χ4n) is 2.35. The van der Waals surface area contributed by atoms with Crippen molar-refractivity contribution < 1.29 is 26.9 Å². The molecule has 0 aliphatic rings. The van der Waals surface area contributed by atoms with Gasteiger partial charge in [-0.05, 0) is 24.1 Å². The number of hydrogen-bond donors (Lipinski definition) is 1. The van der Waals surface area contributed by atoms with Gasteiger partial charge in [0.2, 0.25) is 5.82 Å². The first kappa shape index (κ1) is 18.6. The largest absolute Gasteiger partial charge is 0.471 e. The summed E-state index contributed by atoms with van der Waals surface area (Å²) in [4.78, 5) is 15.3. The first-order chi connectivity index (χ1) is 12.8. The van der Waals surface area contributed by atoms with Crippen molar-refractivity contribution in [3.05, 3.63) is 71.4 Å². The van der Waals surface area contributed by atoms with Crippen molar-refractivity contribution in [2.24, 2.45) is 0 Å². The first-order valence-corrected chi connectivity index (χ1v) is 7.87. The van der Waals surface area contributed by atoms with Crippen LogP contribution in [-0.4, -0.2) is 22.6 Å². The third kappa shape index (κ3) is 4.49. The molecule has 1 amide bonds. The summed E-state index contributed by atoms with van der Waals surface area (Å²) in [5.41, 5.74) is 0.755. The molecule has 0 aliphatic heterocycles. The van der Waals surface area contributed by atoms with E-state index in [4.69, 9.17) is 0 Å². The van der Waals surface area contributed by atoms with Crippen LogP contribution in [0.1, 0.15) is 21.8 Å². The number of aromatic nitrogens is 2. The van der Waals surface area contributed by atoms with E-state index in [2.05, 4.69) is 20.0 Å². The van der Waals surface area contributed by atoms with Gasteiger partial charge in [-0.2, -0.15) is 18.2 Å². The Morgan fingerprint density at radius 1 is 1.11 bits per heavy atom. The van der Waals surface area contributed by atoms with E-state index in [1.807, 2.05) is 30.3 Å². The lowest BCUT2D eigenvalue weighted by molar-refractivity contribution is -0.159. The third-order valence-corrected chi connectivity index (χ3v) is 3.68. The minimum atomic E-state index is -4.79. The van der Waals surface area contributed by atoms with Crippen LogP contribution in [0.2, 0.25) is 0 Å². The lowest BCUT2D eigenvalue weighted by Gasteiger charge is -2.07. The van der Waals surface area contributed by atoms with E-state index in [0.717, 1.165) is 17.7 Å². The Balaban J connectivity index is 1.67. The van der Waals surface area contributed by atoms with Gasteiger partial charge in [0.25, 0.3) is 5.91 Å². The molecule has 0 saturated carbocycles. The minimum Gasteiger partial charge on any atom is -0.352 e. The zero-order valence-corrected chi connectivity index (χ0v) is 13.8. The van der Waals surface area contributed by atoms with Gasteiger partial charge < -0.3 is 9.84 Å². The summed E-state index contributed by atoms with van der Waals surface area (Å²) in [5.74, 6) is -3.47. The smallest absolute Gasteiger partial charge is 0.352 e. The summed E-state index contributed by atoms with van der Waals surface area (Å²) in [7, 11) is 0. The van der Waals surface area contributed by atoms with Crippen LogP contribution in [0.4, 0.5) is 17.6 Å². The van der Waals surface area contributed by atoms with Crippen molar-refractivity contribution in [2.75, 3.05) is 6.54 Å². The number of carbonyl (C=O) groups excluding carboxylic acids is 1. The van der Waals surface area contributed by atoms with E-state index in [1.54, 1.807) is 0 Å². The summed E-state index contributed by atoms with van der Waals surface area (Å²) in [5, 5.41) is 5.77. The second-order valence-corrected chi connectivity index (χ2v) is 5.61. The van der Waals surface area contributed by atoms with Crippen molar-refractivity contribution in [1.29, 1.82) is 0 Å². The van der Waals surface area contributed by atoms with E-state index in [0.29, 0.717) is 13.0 Å². The molecule has 1 N–H and O–H groups in total. The Morgan fingerprint density at radius 2 is 1.85 bits per heavy atom.